The van der Waals surface area contributed by atoms with Gasteiger partial charge in [0.1, 0.15) is 22.6 Å². The minimum absolute atomic E-state index is 0.0449. The van der Waals surface area contributed by atoms with Crippen molar-refractivity contribution in [3.8, 4) is 17.2 Å². The fourth-order valence-corrected chi connectivity index (χ4v) is 4.34. The number of aromatic hydroxyl groups is 2. The van der Waals surface area contributed by atoms with Crippen molar-refractivity contribution in [1.29, 1.82) is 0 Å². The number of nitrogens with zero attached hydrogens (tertiary/aromatic N) is 3. The van der Waals surface area contributed by atoms with Crippen molar-refractivity contribution >= 4 is 34.7 Å². The Bertz CT molecular complexity index is 1610. The summed E-state index contributed by atoms with van der Waals surface area (Å²) in [6.07, 6.45) is 1.53. The van der Waals surface area contributed by atoms with E-state index in [1.54, 1.807) is 48.0 Å². The van der Waals surface area contributed by atoms with E-state index in [0.717, 1.165) is 0 Å². The average molecular weight is 521 g/mol. The summed E-state index contributed by atoms with van der Waals surface area (Å²) in [5, 5.41) is 28.4. The number of phenolic OH excluding ortho intramolecular Hbond substituents is 1. The van der Waals surface area contributed by atoms with Gasteiger partial charge in [0.25, 0.3) is 5.91 Å². The monoisotopic (exact) mass is 520 g/mol. The van der Waals surface area contributed by atoms with Crippen LogP contribution in [0.1, 0.15) is 39.7 Å². The molecule has 1 atom stereocenters. The summed E-state index contributed by atoms with van der Waals surface area (Å²) in [6, 6.07) is 12.2. The number of aromatic nitrogens is 2. The molecule has 0 bridgehead atoms. The number of nitrogens with one attached hydrogen (secondary N) is 1. The number of hydrogen-bond donors (Lipinski definition) is 3. The fraction of sp³-hybridized carbons (Fsp3) is 0.154. The number of hydrogen-bond acceptors (Lipinski definition) is 8. The first kappa shape index (κ1) is 24.1. The molecule has 0 aliphatic carbocycles. The van der Waals surface area contributed by atoms with Crippen LogP contribution >= 0.6 is 11.6 Å². The van der Waals surface area contributed by atoms with Gasteiger partial charge in [-0.1, -0.05) is 17.7 Å². The molecule has 3 N–H and O–H groups in total. The molecule has 10 nitrogen and oxygen atoms in total. The number of benzene rings is 2. The molecule has 0 fully saturated rings. The lowest BCUT2D eigenvalue weighted by Crippen LogP contribution is -2.25. The second-order valence-corrected chi connectivity index (χ2v) is 8.84. The van der Waals surface area contributed by atoms with E-state index in [1.165, 1.54) is 25.4 Å². The second-order valence-electron chi connectivity index (χ2n) is 8.40. The number of aliphatic imine (C=N–C) groups is 1. The first-order chi connectivity index (χ1) is 17.7. The van der Waals surface area contributed by atoms with Crippen LogP contribution in [0.5, 0.6) is 17.2 Å². The summed E-state index contributed by atoms with van der Waals surface area (Å²) in [5.74, 6) is -0.129. The molecule has 2 aromatic carbocycles. The normalized spacial score (nSPS) is 14.6. The molecule has 3 heterocycles. The van der Waals surface area contributed by atoms with Crippen molar-refractivity contribution in [2.45, 2.75) is 19.4 Å². The zero-order valence-electron chi connectivity index (χ0n) is 19.7. The predicted molar refractivity (Wildman–Crippen MR) is 137 cm³/mol. The van der Waals surface area contributed by atoms with Gasteiger partial charge in [-0.25, -0.2) is 14.5 Å². The molecular weight excluding hydrogens is 500 g/mol. The van der Waals surface area contributed by atoms with Crippen LogP contribution < -0.4 is 15.7 Å². The van der Waals surface area contributed by atoms with E-state index in [2.05, 4.69) is 15.4 Å². The summed E-state index contributed by atoms with van der Waals surface area (Å²) in [4.78, 5) is 30.5. The Morgan fingerprint density at radius 3 is 2.62 bits per heavy atom. The number of halogens is 1. The zero-order chi connectivity index (χ0) is 26.3. The number of rotatable bonds is 5. The predicted octanol–water partition coefficient (Wildman–Crippen LogP) is 4.58. The number of ether oxygens (including phenoxy) is 1. The van der Waals surface area contributed by atoms with Gasteiger partial charge in [-0.05, 0) is 48.9 Å². The Labute approximate surface area is 215 Å². The molecule has 0 radical (unpaired) electrons. The van der Waals surface area contributed by atoms with Crippen LogP contribution in [-0.2, 0) is 0 Å². The molecule has 37 heavy (non-hydrogen) atoms. The molecule has 0 spiro atoms. The van der Waals surface area contributed by atoms with Crippen LogP contribution in [0.4, 0.5) is 11.5 Å². The van der Waals surface area contributed by atoms with Crippen LogP contribution in [0.15, 0.2) is 68.9 Å². The Kier molecular flexibility index (Phi) is 6.18. The van der Waals surface area contributed by atoms with Gasteiger partial charge >= 0.3 is 5.63 Å². The standard InChI is InChI=1S/C26H21ClN4O6/c1-13-9-21(33)23(26(35)37-13)18-11-19(14-3-8-20(32)22(10-14)36-2)31-24(30-18)17(12-28-31)25(34)29-16-6-4-15(27)5-7-16/h3-10,12,19,32-33H,11H2,1-2H3,(H,29,34). The van der Waals surface area contributed by atoms with E-state index in [1.807, 2.05) is 0 Å². The minimum atomic E-state index is -0.751. The van der Waals surface area contributed by atoms with E-state index in [9.17, 15) is 19.8 Å². The summed E-state index contributed by atoms with van der Waals surface area (Å²) in [5.41, 5.74) is 0.713. The summed E-state index contributed by atoms with van der Waals surface area (Å²) in [6.45, 7) is 1.55. The van der Waals surface area contributed by atoms with Crippen LogP contribution in [0.25, 0.3) is 0 Å². The van der Waals surface area contributed by atoms with E-state index < -0.39 is 17.6 Å². The minimum Gasteiger partial charge on any atom is -0.507 e. The maximum Gasteiger partial charge on any atom is 0.348 e. The lowest BCUT2D eigenvalue weighted by atomic mass is 9.95. The third kappa shape index (κ3) is 4.54. The van der Waals surface area contributed by atoms with Gasteiger partial charge in [0, 0.05) is 23.2 Å². The molecule has 5 rings (SSSR count). The quantitative estimate of drug-likeness (QED) is 0.350. The molecule has 11 heteroatoms. The highest BCUT2D eigenvalue weighted by atomic mass is 35.5. The number of aryl methyl sites for hydroxylation is 1. The highest BCUT2D eigenvalue weighted by molar-refractivity contribution is 6.30. The third-order valence-corrected chi connectivity index (χ3v) is 6.22. The Morgan fingerprint density at radius 2 is 1.92 bits per heavy atom. The molecule has 0 saturated heterocycles. The number of amides is 1. The van der Waals surface area contributed by atoms with Crippen molar-refractivity contribution in [3.63, 3.8) is 0 Å². The maximum atomic E-state index is 13.2. The number of phenols is 1. The third-order valence-electron chi connectivity index (χ3n) is 5.97. The van der Waals surface area contributed by atoms with Gasteiger partial charge in [0.2, 0.25) is 0 Å². The van der Waals surface area contributed by atoms with E-state index in [-0.39, 0.29) is 52.1 Å². The number of carbonyl (C=O) groups excluding carboxylic acids is 1. The van der Waals surface area contributed by atoms with Gasteiger partial charge in [-0.3, -0.25) is 4.79 Å². The zero-order valence-corrected chi connectivity index (χ0v) is 20.5. The van der Waals surface area contributed by atoms with Gasteiger partial charge in [-0.2, -0.15) is 5.10 Å². The van der Waals surface area contributed by atoms with Gasteiger partial charge in [0.05, 0.1) is 25.1 Å². The van der Waals surface area contributed by atoms with E-state index in [4.69, 9.17) is 20.8 Å². The number of carbonyl (C=O) groups is 1. The molecule has 1 aliphatic heterocycles. The van der Waals surface area contributed by atoms with Gasteiger partial charge < -0.3 is 24.7 Å². The maximum absolute atomic E-state index is 13.2. The van der Waals surface area contributed by atoms with E-state index in [0.29, 0.717) is 16.3 Å². The number of fused-ring (bicyclic) bond motifs is 1. The van der Waals surface area contributed by atoms with Crippen molar-refractivity contribution in [3.05, 3.63) is 92.6 Å². The van der Waals surface area contributed by atoms with Gasteiger partial charge in [-0.15, -0.1) is 0 Å². The molecule has 188 valence electrons. The van der Waals surface area contributed by atoms with Crippen LogP contribution in [0.3, 0.4) is 0 Å². The molecule has 1 unspecified atom stereocenters. The molecule has 4 aromatic rings. The van der Waals surface area contributed by atoms with Crippen molar-refractivity contribution in [1.82, 2.24) is 9.78 Å². The summed E-state index contributed by atoms with van der Waals surface area (Å²) in [7, 11) is 1.43. The lowest BCUT2D eigenvalue weighted by molar-refractivity contribution is 0.102. The van der Waals surface area contributed by atoms with Crippen LogP contribution in [0, 0.1) is 6.92 Å². The Balaban J connectivity index is 1.64. The fourth-order valence-electron chi connectivity index (χ4n) is 4.21. The molecule has 1 aliphatic rings. The highest BCUT2D eigenvalue weighted by Gasteiger charge is 2.32. The SMILES string of the molecule is COc1cc(C2CC(c3c(O)cc(C)oc3=O)=Nc3c(C(=O)Nc4ccc(Cl)cc4)cnn32)ccc1O. The molecular formula is C26H21ClN4O6. The van der Waals surface area contributed by atoms with Crippen molar-refractivity contribution in [2.75, 3.05) is 12.4 Å². The number of anilines is 1. The van der Waals surface area contributed by atoms with Crippen LogP contribution in [0.2, 0.25) is 5.02 Å². The first-order valence-corrected chi connectivity index (χ1v) is 11.6. The lowest BCUT2D eigenvalue weighted by Gasteiger charge is -2.25. The largest absolute Gasteiger partial charge is 0.507 e. The van der Waals surface area contributed by atoms with Crippen molar-refractivity contribution < 1.29 is 24.2 Å². The first-order valence-electron chi connectivity index (χ1n) is 11.2. The summed E-state index contributed by atoms with van der Waals surface area (Å²) < 4.78 is 12.0. The van der Waals surface area contributed by atoms with E-state index >= 15 is 0 Å². The van der Waals surface area contributed by atoms with Gasteiger partial charge in [0.15, 0.2) is 17.3 Å². The average Bonchev–Trinajstić information content (AvgIpc) is 3.29. The number of methoxy groups -OCH3 is 1. The van der Waals surface area contributed by atoms with Crippen LogP contribution in [-0.4, -0.2) is 38.7 Å². The Morgan fingerprint density at radius 1 is 1.16 bits per heavy atom. The van der Waals surface area contributed by atoms with Crippen molar-refractivity contribution in [2.24, 2.45) is 4.99 Å². The second kappa shape index (κ2) is 9.47. The molecule has 0 saturated carbocycles. The smallest absolute Gasteiger partial charge is 0.348 e. The summed E-state index contributed by atoms with van der Waals surface area (Å²) >= 11 is 5.94. The molecule has 1 amide bonds. The molecule has 2 aromatic heterocycles. The highest BCUT2D eigenvalue weighted by Crippen LogP contribution is 2.39. The topological polar surface area (TPSA) is 139 Å². The Hall–Kier alpha value is -4.57.